The first-order valence-electron chi connectivity index (χ1n) is 7.36. The van der Waals surface area contributed by atoms with Gasteiger partial charge in [-0.3, -0.25) is 0 Å². The number of nitrogens with one attached hydrogen (secondary N) is 1. The van der Waals surface area contributed by atoms with E-state index in [2.05, 4.69) is 5.32 Å². The molecule has 0 spiro atoms. The number of benzene rings is 2. The van der Waals surface area contributed by atoms with Crippen molar-refractivity contribution in [2.75, 3.05) is 7.11 Å². The summed E-state index contributed by atoms with van der Waals surface area (Å²) in [5.74, 6) is -0.359. The Labute approximate surface area is 135 Å². The Bertz CT molecular complexity index is 731. The molecule has 0 saturated heterocycles. The molecule has 2 rings (SSSR count). The van der Waals surface area contributed by atoms with Crippen LogP contribution in [0.3, 0.4) is 0 Å². The van der Waals surface area contributed by atoms with Crippen LogP contribution in [0.1, 0.15) is 36.7 Å². The van der Waals surface area contributed by atoms with E-state index >= 15 is 0 Å². The Hall–Kier alpha value is -2.56. The van der Waals surface area contributed by atoms with E-state index in [0.29, 0.717) is 12.1 Å². The van der Waals surface area contributed by atoms with Crippen molar-refractivity contribution in [3.05, 3.63) is 47.5 Å². The lowest BCUT2D eigenvalue weighted by Crippen LogP contribution is -2.32. The highest BCUT2D eigenvalue weighted by Gasteiger charge is 2.15. The first-order chi connectivity index (χ1) is 10.8. The van der Waals surface area contributed by atoms with Gasteiger partial charge in [0.2, 0.25) is 0 Å². The molecule has 0 aliphatic carbocycles. The van der Waals surface area contributed by atoms with Crippen LogP contribution in [0.25, 0.3) is 10.8 Å². The maximum atomic E-state index is 11.7. The third kappa shape index (κ3) is 4.71. The molecule has 0 atom stereocenters. The van der Waals surface area contributed by atoms with Gasteiger partial charge in [-0.15, -0.1) is 0 Å². The molecule has 2 aromatic carbocycles. The van der Waals surface area contributed by atoms with Gasteiger partial charge in [0, 0.05) is 6.54 Å². The minimum absolute atomic E-state index is 0.359. The monoisotopic (exact) mass is 315 g/mol. The number of fused-ring (bicyclic) bond motifs is 1. The Morgan fingerprint density at radius 3 is 2.35 bits per heavy atom. The maximum Gasteiger partial charge on any atom is 0.407 e. The zero-order chi connectivity index (χ0) is 17.0. The molecule has 0 aromatic heterocycles. The number of amides is 1. The molecule has 0 bridgehead atoms. The average Bonchev–Trinajstić information content (AvgIpc) is 2.49. The van der Waals surface area contributed by atoms with E-state index in [1.807, 2.05) is 45.0 Å². The van der Waals surface area contributed by atoms with Crippen LogP contribution in [0.4, 0.5) is 4.79 Å². The first-order valence-corrected chi connectivity index (χ1v) is 7.36. The Kier molecular flexibility index (Phi) is 4.89. The molecule has 2 aromatic rings. The maximum absolute atomic E-state index is 11.7. The number of methoxy groups -OCH3 is 1. The lowest BCUT2D eigenvalue weighted by Gasteiger charge is -2.19. The quantitative estimate of drug-likeness (QED) is 0.878. The lowest BCUT2D eigenvalue weighted by molar-refractivity contribution is 0.0522. The van der Waals surface area contributed by atoms with Crippen LogP contribution in [0.15, 0.2) is 36.4 Å². The van der Waals surface area contributed by atoms with E-state index in [1.54, 1.807) is 12.1 Å². The number of esters is 1. The number of hydrogen-bond donors (Lipinski definition) is 1. The zero-order valence-corrected chi connectivity index (χ0v) is 13.8. The molecule has 0 radical (unpaired) electrons. The van der Waals surface area contributed by atoms with Gasteiger partial charge in [0.05, 0.1) is 12.7 Å². The minimum Gasteiger partial charge on any atom is -0.465 e. The fourth-order valence-corrected chi connectivity index (χ4v) is 2.14. The SMILES string of the molecule is COC(=O)c1ccc2cc(CNC(=O)OC(C)(C)C)ccc2c1. The van der Waals surface area contributed by atoms with E-state index < -0.39 is 11.7 Å². The van der Waals surface area contributed by atoms with E-state index in [-0.39, 0.29) is 5.97 Å². The predicted molar refractivity (Wildman–Crippen MR) is 88.4 cm³/mol. The summed E-state index contributed by atoms with van der Waals surface area (Å²) in [5.41, 5.74) is 0.950. The van der Waals surface area contributed by atoms with Crippen molar-refractivity contribution in [1.29, 1.82) is 0 Å². The fourth-order valence-electron chi connectivity index (χ4n) is 2.14. The predicted octanol–water partition coefficient (Wildman–Crippen LogP) is 3.65. The van der Waals surface area contributed by atoms with Crippen molar-refractivity contribution < 1.29 is 19.1 Å². The number of carbonyl (C=O) groups excluding carboxylic acids is 2. The minimum atomic E-state index is -0.516. The number of hydrogen-bond acceptors (Lipinski definition) is 4. The van der Waals surface area contributed by atoms with Crippen molar-refractivity contribution in [3.8, 4) is 0 Å². The van der Waals surface area contributed by atoms with Gasteiger partial charge in [-0.25, -0.2) is 9.59 Å². The molecular formula is C18H21NO4. The standard InChI is InChI=1S/C18H21NO4/c1-18(2,3)23-17(21)19-11-12-5-6-14-10-15(16(20)22-4)8-7-13(14)9-12/h5-10H,11H2,1-4H3,(H,19,21). The molecule has 23 heavy (non-hydrogen) atoms. The molecule has 5 heteroatoms. The largest absolute Gasteiger partial charge is 0.465 e. The molecule has 122 valence electrons. The van der Waals surface area contributed by atoms with Crippen LogP contribution < -0.4 is 5.32 Å². The highest BCUT2D eigenvalue weighted by Crippen LogP contribution is 2.18. The zero-order valence-electron chi connectivity index (χ0n) is 13.8. The summed E-state index contributed by atoms with van der Waals surface area (Å²) in [6.07, 6.45) is -0.446. The number of carbonyl (C=O) groups is 2. The van der Waals surface area contributed by atoms with Gasteiger partial charge in [-0.2, -0.15) is 0 Å². The van der Waals surface area contributed by atoms with Crippen LogP contribution >= 0.6 is 0 Å². The molecule has 0 saturated carbocycles. The normalized spacial score (nSPS) is 11.1. The molecule has 0 aliphatic rings. The second kappa shape index (κ2) is 6.69. The summed E-state index contributed by atoms with van der Waals surface area (Å²) in [4.78, 5) is 23.2. The molecule has 0 heterocycles. The Morgan fingerprint density at radius 2 is 1.70 bits per heavy atom. The number of ether oxygens (including phenoxy) is 2. The van der Waals surface area contributed by atoms with E-state index in [4.69, 9.17) is 9.47 Å². The van der Waals surface area contributed by atoms with Gasteiger partial charge in [-0.05, 0) is 55.3 Å². The number of rotatable bonds is 3. The third-order valence-electron chi connectivity index (χ3n) is 3.16. The van der Waals surface area contributed by atoms with Crippen molar-refractivity contribution in [2.24, 2.45) is 0 Å². The smallest absolute Gasteiger partial charge is 0.407 e. The number of alkyl carbamates (subject to hydrolysis) is 1. The van der Waals surface area contributed by atoms with Gasteiger partial charge in [0.1, 0.15) is 5.60 Å². The van der Waals surface area contributed by atoms with Crippen molar-refractivity contribution >= 4 is 22.8 Å². The van der Waals surface area contributed by atoms with Crippen molar-refractivity contribution in [3.63, 3.8) is 0 Å². The molecule has 0 aliphatic heterocycles. The van der Waals surface area contributed by atoms with Crippen LogP contribution in [-0.2, 0) is 16.0 Å². The molecule has 1 amide bonds. The molecule has 0 fully saturated rings. The summed E-state index contributed by atoms with van der Waals surface area (Å²) in [6, 6.07) is 11.1. The van der Waals surface area contributed by atoms with Gasteiger partial charge in [0.25, 0.3) is 0 Å². The van der Waals surface area contributed by atoms with Crippen LogP contribution in [0.2, 0.25) is 0 Å². The molecule has 1 N–H and O–H groups in total. The third-order valence-corrected chi connectivity index (χ3v) is 3.16. The summed E-state index contributed by atoms with van der Waals surface area (Å²) < 4.78 is 9.91. The topological polar surface area (TPSA) is 64.6 Å². The van der Waals surface area contributed by atoms with Gasteiger partial charge < -0.3 is 14.8 Å². The van der Waals surface area contributed by atoms with Crippen LogP contribution in [0.5, 0.6) is 0 Å². The van der Waals surface area contributed by atoms with E-state index in [9.17, 15) is 9.59 Å². The summed E-state index contributed by atoms with van der Waals surface area (Å²) in [6.45, 7) is 5.84. The first kappa shape index (κ1) is 16.8. The Morgan fingerprint density at radius 1 is 1.04 bits per heavy atom. The highest BCUT2D eigenvalue weighted by molar-refractivity contribution is 5.95. The van der Waals surface area contributed by atoms with Crippen molar-refractivity contribution in [1.82, 2.24) is 5.32 Å². The van der Waals surface area contributed by atoms with Gasteiger partial charge >= 0.3 is 12.1 Å². The van der Waals surface area contributed by atoms with Gasteiger partial charge in [-0.1, -0.05) is 18.2 Å². The highest BCUT2D eigenvalue weighted by atomic mass is 16.6. The summed E-state index contributed by atoms with van der Waals surface area (Å²) in [5, 5.41) is 4.65. The molecular weight excluding hydrogens is 294 g/mol. The van der Waals surface area contributed by atoms with Crippen LogP contribution in [-0.4, -0.2) is 24.8 Å². The molecule has 0 unspecified atom stereocenters. The van der Waals surface area contributed by atoms with E-state index in [0.717, 1.165) is 16.3 Å². The Balaban J connectivity index is 2.09. The van der Waals surface area contributed by atoms with E-state index in [1.165, 1.54) is 7.11 Å². The van der Waals surface area contributed by atoms with Crippen LogP contribution in [0, 0.1) is 0 Å². The summed E-state index contributed by atoms with van der Waals surface area (Å²) >= 11 is 0. The second-order valence-corrected chi connectivity index (χ2v) is 6.24. The molecule has 5 nitrogen and oxygen atoms in total. The average molecular weight is 315 g/mol. The second-order valence-electron chi connectivity index (χ2n) is 6.24. The fraction of sp³-hybridized carbons (Fsp3) is 0.333. The van der Waals surface area contributed by atoms with Gasteiger partial charge in [0.15, 0.2) is 0 Å². The summed E-state index contributed by atoms with van der Waals surface area (Å²) in [7, 11) is 1.36. The lowest BCUT2D eigenvalue weighted by atomic mass is 10.0. The van der Waals surface area contributed by atoms with Crippen molar-refractivity contribution in [2.45, 2.75) is 32.9 Å².